The molecule has 3 N–H and O–H groups in total. The molecule has 2 aromatic carbocycles. The van der Waals surface area contributed by atoms with Gasteiger partial charge in [-0.15, -0.1) is 0 Å². The molecule has 1 amide bonds. The normalized spacial score (nSPS) is 12.4. The van der Waals surface area contributed by atoms with E-state index >= 15 is 0 Å². The summed E-state index contributed by atoms with van der Waals surface area (Å²) in [6.07, 6.45) is 2.37. The zero-order valence-corrected chi connectivity index (χ0v) is 19.3. The Morgan fingerprint density at radius 1 is 1.06 bits per heavy atom. The Hall–Kier alpha value is -4.61. The number of nitrogens with two attached hydrogens (primary N) is 1. The van der Waals surface area contributed by atoms with Crippen molar-refractivity contribution in [1.82, 2.24) is 15.0 Å². The van der Waals surface area contributed by atoms with Crippen molar-refractivity contribution < 1.29 is 9.90 Å². The molecule has 174 valence electrons. The maximum atomic E-state index is 12.7. The summed E-state index contributed by atoms with van der Waals surface area (Å²) in [6.45, 7) is 3.16. The summed E-state index contributed by atoms with van der Waals surface area (Å²) in [5, 5.41) is 19.7. The molecule has 0 aliphatic heterocycles. The number of anilines is 2. The second-order valence-corrected chi connectivity index (χ2v) is 8.07. The van der Waals surface area contributed by atoms with Gasteiger partial charge in [0.25, 0.3) is 0 Å². The minimum atomic E-state index is -0.783. The van der Waals surface area contributed by atoms with Crippen LogP contribution in [0.3, 0.4) is 0 Å². The molecule has 2 unspecified atom stereocenters. The van der Waals surface area contributed by atoms with Crippen molar-refractivity contribution in [3.8, 4) is 28.6 Å². The zero-order chi connectivity index (χ0) is 24.9. The number of pyridine rings is 1. The first-order chi connectivity index (χ1) is 16.9. The number of nitrogen functional groups attached to an aromatic ring is 1. The number of benzene rings is 2. The summed E-state index contributed by atoms with van der Waals surface area (Å²) in [6, 6.07) is 21.7. The predicted octanol–water partition coefficient (Wildman–Crippen LogP) is 4.13. The highest BCUT2D eigenvalue weighted by atomic mass is 16.3. The number of aliphatic hydroxyl groups is 1. The van der Waals surface area contributed by atoms with Crippen LogP contribution < -0.4 is 10.6 Å². The number of rotatable bonds is 6. The Labute approximate surface area is 203 Å². The van der Waals surface area contributed by atoms with Gasteiger partial charge in [0.2, 0.25) is 5.91 Å². The Morgan fingerprint density at radius 3 is 2.40 bits per heavy atom. The van der Waals surface area contributed by atoms with Crippen LogP contribution in [0.4, 0.5) is 11.5 Å². The SMILES string of the molecule is CC(=O)N(c1ccc(-c2cnc(N)c(-c3nccc(C#N)n3)c2)cc1)C(c1ccccc1)C(C)O. The molecule has 8 nitrogen and oxygen atoms in total. The third kappa shape index (κ3) is 5.00. The molecule has 0 spiro atoms. The highest BCUT2D eigenvalue weighted by molar-refractivity contribution is 5.93. The Bertz CT molecular complexity index is 1380. The smallest absolute Gasteiger partial charge is 0.224 e. The maximum absolute atomic E-state index is 12.7. The van der Waals surface area contributed by atoms with Gasteiger partial charge in [-0.1, -0.05) is 42.5 Å². The Morgan fingerprint density at radius 2 is 1.77 bits per heavy atom. The van der Waals surface area contributed by atoms with Crippen LogP contribution in [0.2, 0.25) is 0 Å². The van der Waals surface area contributed by atoms with E-state index < -0.39 is 12.1 Å². The molecule has 0 fully saturated rings. The van der Waals surface area contributed by atoms with Crippen molar-refractivity contribution in [1.29, 1.82) is 5.26 Å². The largest absolute Gasteiger partial charge is 0.391 e. The van der Waals surface area contributed by atoms with E-state index in [1.54, 1.807) is 18.0 Å². The number of aromatic nitrogens is 3. The molecule has 2 atom stereocenters. The van der Waals surface area contributed by atoms with E-state index in [9.17, 15) is 9.90 Å². The topological polar surface area (TPSA) is 129 Å². The van der Waals surface area contributed by atoms with Crippen LogP contribution in [0, 0.1) is 11.3 Å². The quantitative estimate of drug-likeness (QED) is 0.439. The highest BCUT2D eigenvalue weighted by Gasteiger charge is 2.28. The molecule has 0 aliphatic carbocycles. The molecule has 2 aromatic heterocycles. The second kappa shape index (κ2) is 10.1. The lowest BCUT2D eigenvalue weighted by molar-refractivity contribution is -0.117. The van der Waals surface area contributed by atoms with Crippen LogP contribution in [0.1, 0.15) is 31.1 Å². The van der Waals surface area contributed by atoms with Gasteiger partial charge in [-0.2, -0.15) is 5.26 Å². The van der Waals surface area contributed by atoms with Gasteiger partial charge in [0.1, 0.15) is 17.6 Å². The summed E-state index contributed by atoms with van der Waals surface area (Å²) >= 11 is 0. The van der Waals surface area contributed by atoms with E-state index in [2.05, 4.69) is 15.0 Å². The third-order valence-electron chi connectivity index (χ3n) is 5.62. The van der Waals surface area contributed by atoms with Gasteiger partial charge in [-0.05, 0) is 42.3 Å². The zero-order valence-electron chi connectivity index (χ0n) is 19.3. The van der Waals surface area contributed by atoms with Gasteiger partial charge in [-0.25, -0.2) is 15.0 Å². The third-order valence-corrected chi connectivity index (χ3v) is 5.62. The van der Waals surface area contributed by atoms with Crippen molar-refractivity contribution >= 4 is 17.4 Å². The van der Waals surface area contributed by atoms with Gasteiger partial charge < -0.3 is 15.7 Å². The molecule has 0 aliphatic rings. The first-order valence-corrected chi connectivity index (χ1v) is 11.0. The van der Waals surface area contributed by atoms with Gasteiger partial charge in [0, 0.05) is 30.6 Å². The lowest BCUT2D eigenvalue weighted by atomic mass is 9.99. The summed E-state index contributed by atoms with van der Waals surface area (Å²) in [4.78, 5) is 27.0. The fourth-order valence-electron chi connectivity index (χ4n) is 4.01. The molecule has 0 saturated heterocycles. The van der Waals surface area contributed by atoms with E-state index in [-0.39, 0.29) is 17.4 Å². The Balaban J connectivity index is 1.70. The summed E-state index contributed by atoms with van der Waals surface area (Å²) in [7, 11) is 0. The summed E-state index contributed by atoms with van der Waals surface area (Å²) in [5.41, 5.74) is 9.94. The van der Waals surface area contributed by atoms with E-state index in [0.29, 0.717) is 17.1 Å². The number of nitrogens with zero attached hydrogens (tertiary/aromatic N) is 5. The lowest BCUT2D eigenvalue weighted by Gasteiger charge is -2.33. The van der Waals surface area contributed by atoms with Crippen LogP contribution in [-0.2, 0) is 4.79 Å². The van der Waals surface area contributed by atoms with Gasteiger partial charge in [-0.3, -0.25) is 4.79 Å². The number of nitriles is 1. The van der Waals surface area contributed by atoms with Gasteiger partial charge >= 0.3 is 0 Å². The van der Waals surface area contributed by atoms with E-state index in [0.717, 1.165) is 16.7 Å². The van der Waals surface area contributed by atoms with Crippen LogP contribution in [0.5, 0.6) is 0 Å². The summed E-state index contributed by atoms with van der Waals surface area (Å²) in [5.74, 6) is 0.391. The number of aliphatic hydroxyl groups excluding tert-OH is 1. The number of carbonyl (C=O) groups is 1. The van der Waals surface area contributed by atoms with Gasteiger partial charge in [0.05, 0.1) is 17.7 Å². The molecular weight excluding hydrogens is 440 g/mol. The molecule has 0 bridgehead atoms. The summed E-state index contributed by atoms with van der Waals surface area (Å²) < 4.78 is 0. The minimum Gasteiger partial charge on any atom is -0.391 e. The first kappa shape index (κ1) is 23.5. The first-order valence-electron chi connectivity index (χ1n) is 11.0. The molecular formula is C27H24N6O2. The van der Waals surface area contributed by atoms with E-state index in [4.69, 9.17) is 11.0 Å². The van der Waals surface area contributed by atoms with Crippen LogP contribution in [-0.4, -0.2) is 32.1 Å². The van der Waals surface area contributed by atoms with Crippen molar-refractivity contribution in [2.75, 3.05) is 10.6 Å². The molecule has 0 saturated carbocycles. The fraction of sp³-hybridized carbons (Fsp3) is 0.148. The van der Waals surface area contributed by atoms with Crippen molar-refractivity contribution in [3.63, 3.8) is 0 Å². The monoisotopic (exact) mass is 464 g/mol. The number of hydrogen-bond donors (Lipinski definition) is 2. The second-order valence-electron chi connectivity index (χ2n) is 8.07. The van der Waals surface area contributed by atoms with Crippen LogP contribution in [0.15, 0.2) is 79.1 Å². The van der Waals surface area contributed by atoms with Crippen LogP contribution >= 0.6 is 0 Å². The Kier molecular flexibility index (Phi) is 6.81. The molecule has 4 rings (SSSR count). The van der Waals surface area contributed by atoms with E-state index in [1.807, 2.05) is 66.7 Å². The molecule has 4 aromatic rings. The maximum Gasteiger partial charge on any atom is 0.224 e. The van der Waals surface area contributed by atoms with Crippen molar-refractivity contribution in [2.45, 2.75) is 26.0 Å². The number of hydrogen-bond acceptors (Lipinski definition) is 7. The van der Waals surface area contributed by atoms with Crippen molar-refractivity contribution in [3.05, 3.63) is 90.4 Å². The fourth-order valence-corrected chi connectivity index (χ4v) is 4.01. The van der Waals surface area contributed by atoms with Gasteiger partial charge in [0.15, 0.2) is 5.82 Å². The number of amides is 1. The highest BCUT2D eigenvalue weighted by Crippen LogP contribution is 2.33. The molecule has 35 heavy (non-hydrogen) atoms. The molecule has 8 heteroatoms. The minimum absolute atomic E-state index is 0.182. The van der Waals surface area contributed by atoms with Crippen molar-refractivity contribution in [2.24, 2.45) is 0 Å². The lowest BCUT2D eigenvalue weighted by Crippen LogP contribution is -2.38. The molecule has 2 heterocycles. The average molecular weight is 465 g/mol. The predicted molar refractivity (Wildman–Crippen MR) is 134 cm³/mol. The van der Waals surface area contributed by atoms with Crippen LogP contribution in [0.25, 0.3) is 22.5 Å². The number of carbonyl (C=O) groups excluding carboxylic acids is 1. The average Bonchev–Trinajstić information content (AvgIpc) is 2.88. The molecule has 0 radical (unpaired) electrons. The standard InChI is InChI=1S/C27H24N6O2/c1-17(34)25(20-6-4-3-5-7-20)33(18(2)35)23-10-8-19(9-11-23)21-14-24(26(29)31-16-21)27-30-13-12-22(15-28)32-27/h3-14,16-17,25,34H,1-2H3,(H2,29,31). The van der Waals surface area contributed by atoms with E-state index in [1.165, 1.54) is 19.2 Å².